The minimum atomic E-state index is -3.65. The van der Waals surface area contributed by atoms with E-state index in [1.807, 2.05) is 12.1 Å². The number of benzene rings is 2. The standard InChI is InChI=1S/C14H13BrFNO3S/c15-11-2-1-3-13(10-11)20-9-8-17-21(18,19)14-6-4-12(16)5-7-14/h1-7,10,17H,8-9H2. The first kappa shape index (κ1) is 15.9. The highest BCUT2D eigenvalue weighted by atomic mass is 79.9. The van der Waals surface area contributed by atoms with Crippen molar-refractivity contribution in [2.45, 2.75) is 4.90 Å². The molecule has 0 radical (unpaired) electrons. The van der Waals surface area contributed by atoms with Crippen LogP contribution in [0.3, 0.4) is 0 Å². The average molecular weight is 374 g/mol. The molecule has 0 aliphatic rings. The average Bonchev–Trinajstić information content (AvgIpc) is 2.44. The Morgan fingerprint density at radius 2 is 1.86 bits per heavy atom. The molecule has 7 heteroatoms. The number of hydrogen-bond donors (Lipinski definition) is 1. The first-order valence-electron chi connectivity index (χ1n) is 6.11. The second-order valence-corrected chi connectivity index (χ2v) is 6.84. The van der Waals surface area contributed by atoms with Gasteiger partial charge in [-0.1, -0.05) is 22.0 Å². The minimum absolute atomic E-state index is 0.0198. The van der Waals surface area contributed by atoms with E-state index in [0.29, 0.717) is 5.75 Å². The molecular weight excluding hydrogens is 361 g/mol. The number of hydrogen-bond acceptors (Lipinski definition) is 3. The molecule has 0 bridgehead atoms. The van der Waals surface area contributed by atoms with Crippen molar-refractivity contribution in [3.05, 3.63) is 58.8 Å². The van der Waals surface area contributed by atoms with E-state index in [0.717, 1.165) is 16.6 Å². The summed E-state index contributed by atoms with van der Waals surface area (Å²) >= 11 is 3.32. The third kappa shape index (κ3) is 4.80. The Kier molecular flexibility index (Phi) is 5.33. The van der Waals surface area contributed by atoms with Gasteiger partial charge in [0.25, 0.3) is 0 Å². The van der Waals surface area contributed by atoms with Crippen molar-refractivity contribution in [1.29, 1.82) is 0 Å². The van der Waals surface area contributed by atoms with Gasteiger partial charge in [0.05, 0.1) is 4.90 Å². The van der Waals surface area contributed by atoms with Gasteiger partial charge in [0.1, 0.15) is 18.2 Å². The summed E-state index contributed by atoms with van der Waals surface area (Å²) in [5.41, 5.74) is 0. The highest BCUT2D eigenvalue weighted by molar-refractivity contribution is 9.10. The van der Waals surface area contributed by atoms with Gasteiger partial charge in [0.2, 0.25) is 10.0 Å². The van der Waals surface area contributed by atoms with E-state index in [4.69, 9.17) is 4.74 Å². The van der Waals surface area contributed by atoms with Crippen LogP contribution < -0.4 is 9.46 Å². The quantitative estimate of drug-likeness (QED) is 0.792. The summed E-state index contributed by atoms with van der Waals surface area (Å²) < 4.78 is 45.3. The second-order valence-electron chi connectivity index (χ2n) is 4.16. The van der Waals surface area contributed by atoms with Crippen molar-refractivity contribution >= 4 is 26.0 Å². The molecule has 2 aromatic carbocycles. The molecule has 0 aliphatic heterocycles. The van der Waals surface area contributed by atoms with Crippen molar-refractivity contribution in [3.63, 3.8) is 0 Å². The normalized spacial score (nSPS) is 11.3. The van der Waals surface area contributed by atoms with Crippen LogP contribution in [-0.4, -0.2) is 21.6 Å². The molecule has 1 N–H and O–H groups in total. The summed E-state index contributed by atoms with van der Waals surface area (Å²) in [6.45, 7) is 0.309. The van der Waals surface area contributed by atoms with Gasteiger partial charge < -0.3 is 4.74 Å². The summed E-state index contributed by atoms with van der Waals surface area (Å²) in [5, 5.41) is 0. The summed E-state index contributed by atoms with van der Waals surface area (Å²) in [7, 11) is -3.65. The molecule has 0 amide bonds. The largest absolute Gasteiger partial charge is 0.492 e. The van der Waals surface area contributed by atoms with Crippen molar-refractivity contribution < 1.29 is 17.5 Å². The first-order chi connectivity index (χ1) is 9.97. The molecular formula is C14H13BrFNO3S. The molecule has 0 aromatic heterocycles. The van der Waals surface area contributed by atoms with Gasteiger partial charge in [-0.2, -0.15) is 0 Å². The summed E-state index contributed by atoms with van der Waals surface area (Å²) in [4.78, 5) is 0.0198. The lowest BCUT2D eigenvalue weighted by Gasteiger charge is -2.08. The molecule has 21 heavy (non-hydrogen) atoms. The van der Waals surface area contributed by atoms with E-state index in [1.165, 1.54) is 12.1 Å². The lowest BCUT2D eigenvalue weighted by molar-refractivity contribution is 0.322. The molecule has 0 saturated carbocycles. The van der Waals surface area contributed by atoms with Crippen LogP contribution in [0.25, 0.3) is 0 Å². The van der Waals surface area contributed by atoms with Gasteiger partial charge in [0.15, 0.2) is 0 Å². The van der Waals surface area contributed by atoms with E-state index < -0.39 is 15.8 Å². The molecule has 0 aliphatic carbocycles. The molecule has 0 fully saturated rings. The van der Waals surface area contributed by atoms with Crippen LogP contribution in [0.15, 0.2) is 57.9 Å². The molecule has 112 valence electrons. The van der Waals surface area contributed by atoms with Crippen LogP contribution in [-0.2, 0) is 10.0 Å². The Hall–Kier alpha value is -1.44. The van der Waals surface area contributed by atoms with Crippen LogP contribution in [0.2, 0.25) is 0 Å². The zero-order chi connectivity index (χ0) is 15.3. The maximum absolute atomic E-state index is 12.8. The van der Waals surface area contributed by atoms with E-state index in [2.05, 4.69) is 20.7 Å². The first-order valence-corrected chi connectivity index (χ1v) is 8.38. The molecule has 2 aromatic rings. The van der Waals surface area contributed by atoms with Gasteiger partial charge in [-0.25, -0.2) is 17.5 Å². The maximum atomic E-state index is 12.8. The van der Waals surface area contributed by atoms with E-state index >= 15 is 0 Å². The van der Waals surface area contributed by atoms with Crippen molar-refractivity contribution in [2.24, 2.45) is 0 Å². The van der Waals surface area contributed by atoms with Crippen LogP contribution in [0.1, 0.15) is 0 Å². The van der Waals surface area contributed by atoms with Gasteiger partial charge in [-0.15, -0.1) is 0 Å². The summed E-state index contributed by atoms with van der Waals surface area (Å²) in [6.07, 6.45) is 0. The molecule has 0 heterocycles. The highest BCUT2D eigenvalue weighted by Gasteiger charge is 2.13. The number of ether oxygens (including phenoxy) is 1. The zero-order valence-corrected chi connectivity index (χ0v) is 13.3. The monoisotopic (exact) mass is 373 g/mol. The molecule has 2 rings (SSSR count). The molecule has 0 atom stereocenters. The van der Waals surface area contributed by atoms with Crippen molar-refractivity contribution in [1.82, 2.24) is 4.72 Å². The topological polar surface area (TPSA) is 55.4 Å². The maximum Gasteiger partial charge on any atom is 0.240 e. The van der Waals surface area contributed by atoms with E-state index in [1.54, 1.807) is 12.1 Å². The molecule has 0 saturated heterocycles. The highest BCUT2D eigenvalue weighted by Crippen LogP contribution is 2.17. The number of halogens is 2. The van der Waals surface area contributed by atoms with Gasteiger partial charge in [0, 0.05) is 11.0 Å². The van der Waals surface area contributed by atoms with Crippen LogP contribution in [0, 0.1) is 5.82 Å². The molecule has 0 unspecified atom stereocenters. The fourth-order valence-electron chi connectivity index (χ4n) is 1.60. The van der Waals surface area contributed by atoms with Crippen molar-refractivity contribution in [2.75, 3.05) is 13.2 Å². The number of sulfonamides is 1. The fourth-order valence-corrected chi connectivity index (χ4v) is 2.99. The fraction of sp³-hybridized carbons (Fsp3) is 0.143. The van der Waals surface area contributed by atoms with Crippen LogP contribution >= 0.6 is 15.9 Å². The zero-order valence-electron chi connectivity index (χ0n) is 10.9. The third-order valence-electron chi connectivity index (χ3n) is 2.58. The number of nitrogens with one attached hydrogen (secondary N) is 1. The number of rotatable bonds is 6. The van der Waals surface area contributed by atoms with Crippen LogP contribution in [0.5, 0.6) is 5.75 Å². The lowest BCUT2D eigenvalue weighted by atomic mass is 10.3. The summed E-state index contributed by atoms with van der Waals surface area (Å²) in [6, 6.07) is 11.9. The Morgan fingerprint density at radius 3 is 2.52 bits per heavy atom. The molecule has 0 spiro atoms. The third-order valence-corrected chi connectivity index (χ3v) is 4.55. The van der Waals surface area contributed by atoms with Crippen LogP contribution in [0.4, 0.5) is 4.39 Å². The smallest absolute Gasteiger partial charge is 0.240 e. The molecule has 4 nitrogen and oxygen atoms in total. The van der Waals surface area contributed by atoms with Gasteiger partial charge in [-0.3, -0.25) is 0 Å². The Balaban J connectivity index is 1.86. The van der Waals surface area contributed by atoms with Gasteiger partial charge in [-0.05, 0) is 42.5 Å². The summed E-state index contributed by atoms with van der Waals surface area (Å²) in [5.74, 6) is 0.164. The second kappa shape index (κ2) is 7.02. The van der Waals surface area contributed by atoms with E-state index in [-0.39, 0.29) is 18.0 Å². The predicted molar refractivity (Wildman–Crippen MR) is 81.2 cm³/mol. The van der Waals surface area contributed by atoms with Crippen molar-refractivity contribution in [3.8, 4) is 5.75 Å². The predicted octanol–water partition coefficient (Wildman–Crippen LogP) is 2.95. The van der Waals surface area contributed by atoms with Gasteiger partial charge >= 0.3 is 0 Å². The Labute approximate surface area is 131 Å². The SMILES string of the molecule is O=S(=O)(NCCOc1cccc(Br)c1)c1ccc(F)cc1. The minimum Gasteiger partial charge on any atom is -0.492 e. The lowest BCUT2D eigenvalue weighted by Crippen LogP contribution is -2.28. The Morgan fingerprint density at radius 1 is 1.14 bits per heavy atom. The van der Waals surface area contributed by atoms with E-state index in [9.17, 15) is 12.8 Å². The Bertz CT molecular complexity index is 704.